The molecule has 1 N–H and O–H groups in total. The van der Waals surface area contributed by atoms with E-state index in [-0.39, 0.29) is 0 Å². The smallest absolute Gasteiger partial charge is 0.0406 e. The summed E-state index contributed by atoms with van der Waals surface area (Å²) < 4.78 is 0. The lowest BCUT2D eigenvalue weighted by molar-refractivity contribution is 0.976. The zero-order valence-electron chi connectivity index (χ0n) is 7.13. The fourth-order valence-electron chi connectivity index (χ4n) is 1.31. The van der Waals surface area contributed by atoms with E-state index in [0.29, 0.717) is 0 Å². The maximum Gasteiger partial charge on any atom is 0.0406 e. The summed E-state index contributed by atoms with van der Waals surface area (Å²) in [5, 5.41) is 3.89. The van der Waals surface area contributed by atoms with E-state index < -0.39 is 0 Å². The number of benzene rings is 1. The van der Waals surface area contributed by atoms with Gasteiger partial charge in [-0.25, -0.2) is 0 Å². The minimum Gasteiger partial charge on any atom is -0.387 e. The molecule has 0 amide bonds. The van der Waals surface area contributed by atoms with Gasteiger partial charge in [0.15, 0.2) is 0 Å². The van der Waals surface area contributed by atoms with E-state index in [1.54, 1.807) is 0 Å². The van der Waals surface area contributed by atoms with Crippen molar-refractivity contribution in [3.63, 3.8) is 0 Å². The molecular formula is C11H10ClN. The van der Waals surface area contributed by atoms with Crippen molar-refractivity contribution in [3.05, 3.63) is 53.2 Å². The van der Waals surface area contributed by atoms with Gasteiger partial charge in [-0.05, 0) is 35.5 Å². The Morgan fingerprint density at radius 2 is 1.92 bits per heavy atom. The number of halogens is 1. The predicted octanol–water partition coefficient (Wildman–Crippen LogP) is 2.84. The second-order valence-corrected chi connectivity index (χ2v) is 3.34. The third kappa shape index (κ3) is 1.93. The van der Waals surface area contributed by atoms with Crippen LogP contribution >= 0.6 is 11.6 Å². The first-order valence-corrected chi connectivity index (χ1v) is 4.60. The molecule has 0 aliphatic carbocycles. The van der Waals surface area contributed by atoms with Crippen LogP contribution in [0.5, 0.6) is 0 Å². The Kier molecular flexibility index (Phi) is 2.37. The van der Waals surface area contributed by atoms with Crippen LogP contribution in [0.2, 0.25) is 5.02 Å². The summed E-state index contributed by atoms with van der Waals surface area (Å²) in [7, 11) is 0. The highest BCUT2D eigenvalue weighted by Crippen LogP contribution is 2.19. The molecule has 66 valence electrons. The number of rotatable bonds is 1. The van der Waals surface area contributed by atoms with Crippen LogP contribution in [0, 0.1) is 0 Å². The quantitative estimate of drug-likeness (QED) is 0.720. The van der Waals surface area contributed by atoms with E-state index in [4.69, 9.17) is 11.6 Å². The maximum atomic E-state index is 5.80. The summed E-state index contributed by atoms with van der Waals surface area (Å²) in [6.07, 6.45) is 6.18. The molecule has 13 heavy (non-hydrogen) atoms. The molecule has 1 aromatic carbocycles. The third-order valence-corrected chi connectivity index (χ3v) is 2.25. The van der Waals surface area contributed by atoms with E-state index in [9.17, 15) is 0 Å². The van der Waals surface area contributed by atoms with E-state index in [2.05, 4.69) is 17.5 Å². The molecule has 1 aliphatic rings. The molecule has 0 bridgehead atoms. The number of allylic oxidation sites excluding steroid dienone is 2. The fraction of sp³-hybridized carbons (Fsp3) is 0.0909. The molecule has 2 rings (SSSR count). The molecule has 0 saturated carbocycles. The van der Waals surface area contributed by atoms with Gasteiger partial charge in [0.05, 0.1) is 0 Å². The minimum atomic E-state index is 0.780. The molecule has 1 nitrogen and oxygen atoms in total. The molecule has 1 aliphatic heterocycles. The van der Waals surface area contributed by atoms with E-state index in [1.807, 2.05) is 30.5 Å². The van der Waals surface area contributed by atoms with E-state index in [0.717, 1.165) is 11.6 Å². The van der Waals surface area contributed by atoms with Crippen LogP contribution in [0.3, 0.4) is 0 Å². The van der Waals surface area contributed by atoms with Gasteiger partial charge in [-0.1, -0.05) is 29.8 Å². The maximum absolute atomic E-state index is 5.80. The largest absolute Gasteiger partial charge is 0.387 e. The molecule has 0 atom stereocenters. The summed E-state index contributed by atoms with van der Waals surface area (Å²) in [6, 6.07) is 7.88. The Labute approximate surface area is 82.7 Å². The third-order valence-electron chi connectivity index (χ3n) is 2.00. The zero-order valence-corrected chi connectivity index (χ0v) is 7.88. The van der Waals surface area contributed by atoms with Gasteiger partial charge in [0.1, 0.15) is 0 Å². The van der Waals surface area contributed by atoms with Crippen molar-refractivity contribution in [2.24, 2.45) is 0 Å². The van der Waals surface area contributed by atoms with Crippen molar-refractivity contribution in [3.8, 4) is 0 Å². The van der Waals surface area contributed by atoms with E-state index in [1.165, 1.54) is 11.1 Å². The molecule has 2 heteroatoms. The SMILES string of the molecule is Clc1ccc(C2=CCNC=C2)cc1. The zero-order chi connectivity index (χ0) is 9.10. The molecule has 1 heterocycles. The number of dihydropyridines is 1. The first kappa shape index (κ1) is 8.39. The van der Waals surface area contributed by atoms with Gasteiger partial charge in [-0.3, -0.25) is 0 Å². The Hall–Kier alpha value is -1.21. The monoisotopic (exact) mass is 191 g/mol. The Bertz CT molecular complexity index is 349. The first-order chi connectivity index (χ1) is 6.36. The average Bonchev–Trinajstić information content (AvgIpc) is 2.20. The molecule has 1 aromatic rings. The highest BCUT2D eigenvalue weighted by Gasteiger charge is 1.99. The van der Waals surface area contributed by atoms with Crippen LogP contribution in [0.4, 0.5) is 0 Å². The highest BCUT2D eigenvalue weighted by molar-refractivity contribution is 6.30. The highest BCUT2D eigenvalue weighted by atomic mass is 35.5. The lowest BCUT2D eigenvalue weighted by Gasteiger charge is -2.08. The molecule has 0 aromatic heterocycles. The van der Waals surface area contributed by atoms with Gasteiger partial charge < -0.3 is 5.32 Å². The van der Waals surface area contributed by atoms with Gasteiger partial charge in [-0.2, -0.15) is 0 Å². The van der Waals surface area contributed by atoms with Crippen molar-refractivity contribution in [1.29, 1.82) is 0 Å². The van der Waals surface area contributed by atoms with Crippen LogP contribution in [0.15, 0.2) is 42.6 Å². The standard InChI is InChI=1S/C11H10ClN/c12-11-3-1-9(2-4-11)10-5-7-13-8-6-10/h1-7,13H,8H2. The van der Waals surface area contributed by atoms with Crippen LogP contribution in [0.1, 0.15) is 5.56 Å². The van der Waals surface area contributed by atoms with Gasteiger partial charge in [0.25, 0.3) is 0 Å². The van der Waals surface area contributed by atoms with Crippen LogP contribution in [-0.2, 0) is 0 Å². The van der Waals surface area contributed by atoms with Gasteiger partial charge in [0, 0.05) is 11.6 Å². The second-order valence-electron chi connectivity index (χ2n) is 2.91. The number of nitrogens with one attached hydrogen (secondary N) is 1. The first-order valence-electron chi connectivity index (χ1n) is 4.22. The van der Waals surface area contributed by atoms with Crippen molar-refractivity contribution in [1.82, 2.24) is 5.32 Å². The average molecular weight is 192 g/mol. The second kappa shape index (κ2) is 3.67. The van der Waals surface area contributed by atoms with Crippen LogP contribution in [0.25, 0.3) is 5.57 Å². The van der Waals surface area contributed by atoms with Crippen molar-refractivity contribution in [2.45, 2.75) is 0 Å². The van der Waals surface area contributed by atoms with Gasteiger partial charge in [0.2, 0.25) is 0 Å². The topological polar surface area (TPSA) is 12.0 Å². The number of hydrogen-bond donors (Lipinski definition) is 1. The molecular weight excluding hydrogens is 182 g/mol. The molecule has 0 radical (unpaired) electrons. The van der Waals surface area contributed by atoms with Crippen LogP contribution < -0.4 is 5.32 Å². The van der Waals surface area contributed by atoms with Crippen LogP contribution in [-0.4, -0.2) is 6.54 Å². The van der Waals surface area contributed by atoms with Crippen molar-refractivity contribution in [2.75, 3.05) is 6.54 Å². The fourth-order valence-corrected chi connectivity index (χ4v) is 1.44. The Balaban J connectivity index is 2.30. The summed E-state index contributed by atoms with van der Waals surface area (Å²) in [4.78, 5) is 0. The number of hydrogen-bond acceptors (Lipinski definition) is 1. The van der Waals surface area contributed by atoms with Gasteiger partial charge >= 0.3 is 0 Å². The summed E-state index contributed by atoms with van der Waals surface area (Å²) in [5.74, 6) is 0. The molecule has 0 spiro atoms. The Morgan fingerprint density at radius 3 is 2.54 bits per heavy atom. The summed E-state index contributed by atoms with van der Waals surface area (Å²) in [6.45, 7) is 0.897. The summed E-state index contributed by atoms with van der Waals surface area (Å²) in [5.41, 5.74) is 2.46. The Morgan fingerprint density at radius 1 is 1.15 bits per heavy atom. The molecule has 0 saturated heterocycles. The lowest BCUT2D eigenvalue weighted by Crippen LogP contribution is -2.08. The molecule has 0 unspecified atom stereocenters. The van der Waals surface area contributed by atoms with Crippen molar-refractivity contribution < 1.29 is 0 Å². The summed E-state index contributed by atoms with van der Waals surface area (Å²) >= 11 is 5.80. The minimum absolute atomic E-state index is 0.780. The van der Waals surface area contributed by atoms with Gasteiger partial charge in [-0.15, -0.1) is 0 Å². The van der Waals surface area contributed by atoms with Crippen molar-refractivity contribution >= 4 is 17.2 Å². The lowest BCUT2D eigenvalue weighted by atomic mass is 10.0. The van der Waals surface area contributed by atoms with E-state index >= 15 is 0 Å². The predicted molar refractivity (Wildman–Crippen MR) is 56.6 cm³/mol. The molecule has 0 fully saturated rings. The normalized spacial score (nSPS) is 15.0.